The van der Waals surface area contributed by atoms with Crippen LogP contribution in [0.5, 0.6) is 5.88 Å². The van der Waals surface area contributed by atoms with Crippen LogP contribution in [0.2, 0.25) is 0 Å². The molecular formula is C17H9F3N4O2. The molecule has 0 saturated carbocycles. The molecule has 0 spiro atoms. The Morgan fingerprint density at radius 1 is 1.00 bits per heavy atom. The highest BCUT2D eigenvalue weighted by Crippen LogP contribution is 2.30. The van der Waals surface area contributed by atoms with Crippen LogP contribution in [0.3, 0.4) is 0 Å². The number of rotatable bonds is 2. The lowest BCUT2D eigenvalue weighted by Gasteiger charge is -2.05. The summed E-state index contributed by atoms with van der Waals surface area (Å²) in [5.41, 5.74) is 2.70. The fourth-order valence-corrected chi connectivity index (χ4v) is 2.56. The number of aromatic amines is 1. The minimum atomic E-state index is -5.12. The van der Waals surface area contributed by atoms with E-state index in [1.807, 2.05) is 36.4 Å². The van der Waals surface area contributed by atoms with Crippen LogP contribution in [0, 0.1) is 0 Å². The smallest absolute Gasteiger partial charge is 0.397 e. The Morgan fingerprint density at radius 2 is 1.77 bits per heavy atom. The number of aromatic nitrogens is 4. The lowest BCUT2D eigenvalue weighted by Crippen LogP contribution is -2.28. The molecule has 0 unspecified atom stereocenters. The molecule has 0 fully saturated rings. The Labute approximate surface area is 143 Å². The Morgan fingerprint density at radius 3 is 2.50 bits per heavy atom. The first kappa shape index (κ1) is 16.0. The van der Waals surface area contributed by atoms with E-state index in [2.05, 4.69) is 25.1 Å². The number of esters is 1. The van der Waals surface area contributed by atoms with Crippen LogP contribution >= 0.6 is 0 Å². The second kappa shape index (κ2) is 5.80. The minimum Gasteiger partial charge on any atom is -0.397 e. The highest BCUT2D eigenvalue weighted by Gasteiger charge is 2.42. The van der Waals surface area contributed by atoms with E-state index < -0.39 is 18.0 Å². The molecule has 0 saturated heterocycles. The number of hydrogen-bond acceptors (Lipinski definition) is 5. The van der Waals surface area contributed by atoms with Crippen molar-refractivity contribution >= 4 is 27.9 Å². The van der Waals surface area contributed by atoms with Gasteiger partial charge in [0.1, 0.15) is 0 Å². The molecular weight excluding hydrogens is 349 g/mol. The molecule has 0 atom stereocenters. The molecule has 0 bridgehead atoms. The average molecular weight is 358 g/mol. The fourth-order valence-electron chi connectivity index (χ4n) is 2.56. The van der Waals surface area contributed by atoms with E-state index in [0.717, 1.165) is 11.1 Å². The van der Waals surface area contributed by atoms with Gasteiger partial charge in [-0.05, 0) is 23.3 Å². The van der Waals surface area contributed by atoms with Gasteiger partial charge in [0, 0.05) is 5.39 Å². The number of halogens is 3. The quantitative estimate of drug-likeness (QED) is 0.553. The number of hydrogen-bond donors (Lipinski definition) is 1. The van der Waals surface area contributed by atoms with Crippen molar-refractivity contribution in [3.05, 3.63) is 48.5 Å². The van der Waals surface area contributed by atoms with Crippen LogP contribution in [0.4, 0.5) is 13.2 Å². The van der Waals surface area contributed by atoms with Crippen LogP contribution in [0.1, 0.15) is 0 Å². The maximum absolute atomic E-state index is 12.4. The summed E-state index contributed by atoms with van der Waals surface area (Å²) in [5, 5.41) is 14.6. The van der Waals surface area contributed by atoms with E-state index in [1.54, 1.807) is 12.1 Å². The fraction of sp³-hybridized carbons (Fsp3) is 0.0588. The Balaban J connectivity index is 1.78. The lowest BCUT2D eigenvalue weighted by atomic mass is 10.0. The molecule has 4 rings (SSSR count). The predicted molar refractivity (Wildman–Crippen MR) is 86.3 cm³/mol. The number of carbonyl (C=O) groups excluding carboxylic acids is 1. The van der Waals surface area contributed by atoms with Crippen LogP contribution in [-0.4, -0.2) is 32.5 Å². The molecule has 2 aromatic heterocycles. The molecule has 2 heterocycles. The van der Waals surface area contributed by atoms with Gasteiger partial charge in [-0.3, -0.25) is 5.10 Å². The molecule has 0 radical (unpaired) electrons. The second-order valence-corrected chi connectivity index (χ2v) is 5.44. The van der Waals surface area contributed by atoms with Gasteiger partial charge in [-0.2, -0.15) is 13.2 Å². The van der Waals surface area contributed by atoms with Gasteiger partial charge in [0.05, 0.1) is 11.0 Å². The molecule has 0 aliphatic heterocycles. The van der Waals surface area contributed by atoms with Gasteiger partial charge in [-0.15, -0.1) is 15.3 Å². The van der Waals surface area contributed by atoms with Crippen molar-refractivity contribution in [1.29, 1.82) is 0 Å². The molecule has 0 amide bonds. The van der Waals surface area contributed by atoms with Crippen molar-refractivity contribution in [2.75, 3.05) is 0 Å². The third-order valence-corrected chi connectivity index (χ3v) is 3.76. The molecule has 4 aromatic rings. The number of benzene rings is 2. The highest BCUT2D eigenvalue weighted by atomic mass is 19.4. The van der Waals surface area contributed by atoms with E-state index in [-0.39, 0.29) is 5.52 Å². The monoisotopic (exact) mass is 358 g/mol. The van der Waals surface area contributed by atoms with Gasteiger partial charge in [-0.25, -0.2) is 4.79 Å². The number of fused-ring (bicyclic) bond motifs is 3. The van der Waals surface area contributed by atoms with Crippen LogP contribution < -0.4 is 4.74 Å². The maximum atomic E-state index is 12.4. The Hall–Kier alpha value is -3.49. The first-order chi connectivity index (χ1) is 12.4. The van der Waals surface area contributed by atoms with Crippen LogP contribution in [0.15, 0.2) is 48.5 Å². The molecule has 6 nitrogen and oxygen atoms in total. The Kier molecular flexibility index (Phi) is 3.57. The largest absolute Gasteiger partial charge is 0.491 e. The van der Waals surface area contributed by atoms with E-state index >= 15 is 0 Å². The number of nitrogens with one attached hydrogen (secondary N) is 1. The lowest BCUT2D eigenvalue weighted by molar-refractivity contribution is -0.189. The minimum absolute atomic E-state index is 0.0532. The topological polar surface area (TPSA) is 80.8 Å². The summed E-state index contributed by atoms with van der Waals surface area (Å²) in [5.74, 6) is -2.93. The molecule has 9 heteroatoms. The molecule has 1 N–H and O–H groups in total. The van der Waals surface area contributed by atoms with E-state index in [9.17, 15) is 18.0 Å². The summed E-state index contributed by atoms with van der Waals surface area (Å²) in [6.45, 7) is 0. The molecule has 26 heavy (non-hydrogen) atoms. The maximum Gasteiger partial charge on any atom is 0.491 e. The van der Waals surface area contributed by atoms with Gasteiger partial charge in [-0.1, -0.05) is 36.4 Å². The van der Waals surface area contributed by atoms with Gasteiger partial charge in [0.15, 0.2) is 5.52 Å². The van der Waals surface area contributed by atoms with Crippen LogP contribution in [-0.2, 0) is 4.79 Å². The predicted octanol–water partition coefficient (Wildman–Crippen LogP) is 3.64. The number of alkyl halides is 3. The number of H-pyrrole nitrogens is 1. The van der Waals surface area contributed by atoms with Crippen LogP contribution in [0.25, 0.3) is 33.1 Å². The molecule has 2 aromatic carbocycles. The average Bonchev–Trinajstić information content (AvgIpc) is 3.04. The zero-order chi connectivity index (χ0) is 18.3. The van der Waals surface area contributed by atoms with Gasteiger partial charge in [0.25, 0.3) is 5.88 Å². The third-order valence-electron chi connectivity index (χ3n) is 3.76. The first-order valence-corrected chi connectivity index (χ1v) is 7.42. The summed E-state index contributed by atoms with van der Waals surface area (Å²) < 4.78 is 41.3. The normalized spacial score (nSPS) is 11.8. The van der Waals surface area contributed by atoms with Gasteiger partial charge >= 0.3 is 12.1 Å². The summed E-state index contributed by atoms with van der Waals surface area (Å²) in [6.07, 6.45) is -5.12. The zero-order valence-corrected chi connectivity index (χ0v) is 12.9. The van der Waals surface area contributed by atoms with Crippen molar-refractivity contribution in [3.63, 3.8) is 0 Å². The second-order valence-electron chi connectivity index (χ2n) is 5.44. The van der Waals surface area contributed by atoms with E-state index in [1.165, 1.54) is 0 Å². The third kappa shape index (κ3) is 2.73. The summed E-state index contributed by atoms with van der Waals surface area (Å²) >= 11 is 0. The van der Waals surface area contributed by atoms with Crippen molar-refractivity contribution < 1.29 is 22.7 Å². The van der Waals surface area contributed by atoms with E-state index in [4.69, 9.17) is 0 Å². The number of carbonyl (C=O) groups is 1. The van der Waals surface area contributed by atoms with Crippen molar-refractivity contribution in [3.8, 4) is 17.0 Å². The number of ether oxygens (including phenoxy) is 1. The first-order valence-electron chi connectivity index (χ1n) is 7.42. The molecule has 0 aliphatic carbocycles. The number of nitrogens with zero attached hydrogens (tertiary/aromatic N) is 3. The standard InChI is InChI=1S/C17H9F3N4O2/c18-17(19,20)16(25)26-15-14-13(22-24-15)11-7-6-10(8-12(11)21-23-14)9-4-2-1-3-5-9/h1-8H,(H,22,24). The SMILES string of the molecule is O=C(Oc1n[nH]c2c1nnc1cc(-c3ccccc3)ccc12)C(F)(F)F. The molecule has 130 valence electrons. The Bertz CT molecular complexity index is 1120. The van der Waals surface area contributed by atoms with Gasteiger partial charge in [0.2, 0.25) is 0 Å². The zero-order valence-electron chi connectivity index (χ0n) is 12.9. The highest BCUT2D eigenvalue weighted by molar-refractivity contribution is 6.04. The van der Waals surface area contributed by atoms with Gasteiger partial charge < -0.3 is 4.74 Å². The van der Waals surface area contributed by atoms with Crippen molar-refractivity contribution in [2.45, 2.75) is 6.18 Å². The summed E-state index contributed by atoms with van der Waals surface area (Å²) in [7, 11) is 0. The van der Waals surface area contributed by atoms with Crippen molar-refractivity contribution in [2.24, 2.45) is 0 Å². The molecule has 0 aliphatic rings. The van der Waals surface area contributed by atoms with E-state index in [0.29, 0.717) is 16.4 Å². The van der Waals surface area contributed by atoms with Crippen molar-refractivity contribution in [1.82, 2.24) is 20.4 Å². The summed E-state index contributed by atoms with van der Waals surface area (Å²) in [4.78, 5) is 11.0. The summed E-state index contributed by atoms with van der Waals surface area (Å²) in [6, 6.07) is 15.0.